The van der Waals surface area contributed by atoms with E-state index < -0.39 is 23.0 Å². The zero-order valence-corrected chi connectivity index (χ0v) is 7.85. The van der Waals surface area contributed by atoms with Crippen LogP contribution >= 0.6 is 0 Å². The zero-order valence-electron chi connectivity index (χ0n) is 7.85. The first-order valence-electron chi connectivity index (χ1n) is 4.27. The summed E-state index contributed by atoms with van der Waals surface area (Å²) in [6.07, 6.45) is 2.21. The lowest BCUT2D eigenvalue weighted by Gasteiger charge is -2.19. The molecular formula is C10H7F3NO. The maximum Gasteiger partial charge on any atom is 0.274 e. The average Bonchev–Trinajstić information content (AvgIpc) is 2.60. The molecule has 1 aromatic rings. The van der Waals surface area contributed by atoms with E-state index >= 15 is 0 Å². The molecule has 1 unspecified atom stereocenters. The summed E-state index contributed by atoms with van der Waals surface area (Å²) >= 11 is 0. The van der Waals surface area contributed by atoms with Crippen molar-refractivity contribution in [2.75, 3.05) is 6.61 Å². The minimum Gasteiger partial charge on any atom is -0.471 e. The lowest BCUT2D eigenvalue weighted by Crippen LogP contribution is -2.23. The SMILES string of the molecule is CC1(c2cc(F)c(F)cc2F)CO[C]=N1. The van der Waals surface area contributed by atoms with Gasteiger partial charge in [-0.25, -0.2) is 18.2 Å². The van der Waals surface area contributed by atoms with Gasteiger partial charge in [0.1, 0.15) is 18.0 Å². The second-order valence-corrected chi connectivity index (χ2v) is 3.51. The number of hydrogen-bond acceptors (Lipinski definition) is 2. The molecule has 0 spiro atoms. The van der Waals surface area contributed by atoms with Gasteiger partial charge < -0.3 is 4.74 Å². The first kappa shape index (κ1) is 10.0. The molecule has 0 saturated heterocycles. The third kappa shape index (κ3) is 1.58. The van der Waals surface area contributed by atoms with Crippen LogP contribution in [-0.2, 0) is 10.3 Å². The largest absolute Gasteiger partial charge is 0.471 e. The third-order valence-corrected chi connectivity index (χ3v) is 2.30. The molecule has 0 aromatic heterocycles. The standard InChI is InChI=1S/C10H7F3NO/c1-10(4-15-5-14-10)6-2-8(12)9(13)3-7(6)11/h2-3H,4H2,1H3. The van der Waals surface area contributed by atoms with Gasteiger partial charge in [0.2, 0.25) is 0 Å². The highest BCUT2D eigenvalue weighted by Gasteiger charge is 2.34. The Morgan fingerprint density at radius 3 is 2.53 bits per heavy atom. The Kier molecular flexibility index (Phi) is 2.17. The van der Waals surface area contributed by atoms with Gasteiger partial charge in [0.15, 0.2) is 11.6 Å². The molecule has 0 N–H and O–H groups in total. The van der Waals surface area contributed by atoms with Crippen molar-refractivity contribution < 1.29 is 17.9 Å². The van der Waals surface area contributed by atoms with E-state index in [0.717, 1.165) is 6.07 Å². The summed E-state index contributed by atoms with van der Waals surface area (Å²) < 4.78 is 43.7. The van der Waals surface area contributed by atoms with Crippen LogP contribution in [0.25, 0.3) is 0 Å². The second kappa shape index (κ2) is 3.25. The maximum absolute atomic E-state index is 13.4. The predicted molar refractivity (Wildman–Crippen MR) is 47.1 cm³/mol. The quantitative estimate of drug-likeness (QED) is 0.657. The molecule has 0 amide bonds. The van der Waals surface area contributed by atoms with E-state index in [1.807, 2.05) is 0 Å². The molecule has 79 valence electrons. The van der Waals surface area contributed by atoms with Gasteiger partial charge in [-0.15, -0.1) is 0 Å². The number of hydrogen-bond donors (Lipinski definition) is 0. The Hall–Kier alpha value is -1.52. The van der Waals surface area contributed by atoms with Crippen molar-refractivity contribution in [2.45, 2.75) is 12.5 Å². The summed E-state index contributed by atoms with van der Waals surface area (Å²) in [5.74, 6) is -3.16. The van der Waals surface area contributed by atoms with E-state index in [0.29, 0.717) is 6.07 Å². The van der Waals surface area contributed by atoms with E-state index in [2.05, 4.69) is 11.4 Å². The molecule has 1 aliphatic rings. The zero-order chi connectivity index (χ0) is 11.1. The Labute approximate surface area is 84.4 Å². The van der Waals surface area contributed by atoms with Crippen molar-refractivity contribution in [3.63, 3.8) is 0 Å². The Bertz CT molecular complexity index is 433. The van der Waals surface area contributed by atoms with Gasteiger partial charge in [0.25, 0.3) is 6.40 Å². The summed E-state index contributed by atoms with van der Waals surface area (Å²) in [5.41, 5.74) is -1.06. The Balaban J connectivity index is 2.53. The molecule has 0 saturated carbocycles. The van der Waals surface area contributed by atoms with E-state index in [9.17, 15) is 13.2 Å². The van der Waals surface area contributed by atoms with E-state index in [1.165, 1.54) is 0 Å². The molecule has 15 heavy (non-hydrogen) atoms. The van der Waals surface area contributed by atoms with Crippen molar-refractivity contribution in [3.05, 3.63) is 35.1 Å². The smallest absolute Gasteiger partial charge is 0.274 e. The molecule has 0 bridgehead atoms. The van der Waals surface area contributed by atoms with Crippen molar-refractivity contribution in [2.24, 2.45) is 4.99 Å². The molecule has 2 nitrogen and oxygen atoms in total. The fourth-order valence-electron chi connectivity index (χ4n) is 1.41. The maximum atomic E-state index is 13.4. The van der Waals surface area contributed by atoms with Crippen LogP contribution in [0, 0.1) is 17.5 Å². The van der Waals surface area contributed by atoms with Crippen LogP contribution in [-0.4, -0.2) is 13.0 Å². The lowest BCUT2D eigenvalue weighted by atomic mass is 9.93. The first-order chi connectivity index (χ1) is 7.03. The number of benzene rings is 1. The lowest BCUT2D eigenvalue weighted by molar-refractivity contribution is 0.271. The minimum absolute atomic E-state index is 0.0357. The summed E-state index contributed by atoms with van der Waals surface area (Å²) in [4.78, 5) is 3.77. The topological polar surface area (TPSA) is 21.6 Å². The highest BCUT2D eigenvalue weighted by molar-refractivity contribution is 5.52. The average molecular weight is 214 g/mol. The molecule has 1 aliphatic heterocycles. The summed E-state index contributed by atoms with van der Waals surface area (Å²) in [6, 6.07) is 1.30. The Morgan fingerprint density at radius 1 is 1.27 bits per heavy atom. The molecule has 0 aliphatic carbocycles. The van der Waals surface area contributed by atoms with Gasteiger partial charge in [0, 0.05) is 11.6 Å². The molecule has 5 heteroatoms. The number of ether oxygens (including phenoxy) is 1. The molecule has 1 aromatic carbocycles. The van der Waals surface area contributed by atoms with Crippen LogP contribution in [0.1, 0.15) is 12.5 Å². The van der Waals surface area contributed by atoms with Gasteiger partial charge in [-0.3, -0.25) is 0 Å². The van der Waals surface area contributed by atoms with Crippen LogP contribution in [0.3, 0.4) is 0 Å². The van der Waals surface area contributed by atoms with Gasteiger partial charge >= 0.3 is 0 Å². The minimum atomic E-state index is -1.22. The van der Waals surface area contributed by atoms with Gasteiger partial charge in [-0.05, 0) is 13.0 Å². The fraction of sp³-hybridized carbons (Fsp3) is 0.300. The molecule has 1 atom stereocenters. The third-order valence-electron chi connectivity index (χ3n) is 2.30. The van der Waals surface area contributed by atoms with Crippen LogP contribution < -0.4 is 0 Å². The predicted octanol–water partition coefficient (Wildman–Crippen LogP) is 2.25. The molecule has 1 radical (unpaired) electrons. The highest BCUT2D eigenvalue weighted by atomic mass is 19.2. The van der Waals surface area contributed by atoms with E-state index in [4.69, 9.17) is 4.74 Å². The van der Waals surface area contributed by atoms with Gasteiger partial charge in [-0.2, -0.15) is 0 Å². The summed E-state index contributed by atoms with van der Waals surface area (Å²) in [5, 5.41) is 0. The number of aliphatic imine (C=N–C) groups is 1. The van der Waals surface area contributed by atoms with Crippen molar-refractivity contribution in [1.82, 2.24) is 0 Å². The van der Waals surface area contributed by atoms with Crippen molar-refractivity contribution >= 4 is 6.40 Å². The number of rotatable bonds is 1. The summed E-state index contributed by atoms with van der Waals surface area (Å²) in [6.45, 7) is 1.62. The van der Waals surface area contributed by atoms with Crippen LogP contribution in [0.5, 0.6) is 0 Å². The van der Waals surface area contributed by atoms with Crippen molar-refractivity contribution in [1.29, 1.82) is 0 Å². The molecule has 2 rings (SSSR count). The van der Waals surface area contributed by atoms with E-state index in [1.54, 1.807) is 6.92 Å². The van der Waals surface area contributed by atoms with Gasteiger partial charge in [0.05, 0.1) is 0 Å². The second-order valence-electron chi connectivity index (χ2n) is 3.51. The van der Waals surface area contributed by atoms with Crippen LogP contribution in [0.2, 0.25) is 0 Å². The van der Waals surface area contributed by atoms with Crippen molar-refractivity contribution in [3.8, 4) is 0 Å². The normalized spacial score (nSPS) is 24.3. The fourth-order valence-corrected chi connectivity index (χ4v) is 1.41. The van der Waals surface area contributed by atoms with Gasteiger partial charge in [-0.1, -0.05) is 0 Å². The number of nitrogens with zero attached hydrogens (tertiary/aromatic N) is 1. The van der Waals surface area contributed by atoms with Crippen LogP contribution in [0.4, 0.5) is 13.2 Å². The highest BCUT2D eigenvalue weighted by Crippen LogP contribution is 2.31. The molecule has 0 fully saturated rings. The number of halogens is 3. The monoisotopic (exact) mass is 214 g/mol. The van der Waals surface area contributed by atoms with Crippen LogP contribution in [0.15, 0.2) is 17.1 Å². The Morgan fingerprint density at radius 2 is 1.93 bits per heavy atom. The first-order valence-corrected chi connectivity index (χ1v) is 4.27. The molecule has 1 heterocycles. The summed E-state index contributed by atoms with van der Waals surface area (Å²) in [7, 11) is 0. The van der Waals surface area contributed by atoms with E-state index in [-0.39, 0.29) is 12.2 Å². The molecular weight excluding hydrogens is 207 g/mol.